The third-order valence-corrected chi connectivity index (χ3v) is 6.00. The summed E-state index contributed by atoms with van der Waals surface area (Å²) in [5, 5.41) is 3.59. The Bertz CT molecular complexity index is 581. The molecule has 0 spiro atoms. The summed E-state index contributed by atoms with van der Waals surface area (Å²) in [6, 6.07) is 5.06. The second kappa shape index (κ2) is 6.02. The number of sulfonamides is 1. The number of hydrogen-bond donors (Lipinski definition) is 2. The summed E-state index contributed by atoms with van der Waals surface area (Å²) < 4.78 is 27.5. The topological polar surface area (TPSA) is 58.2 Å². The maximum absolute atomic E-state index is 12.4. The quantitative estimate of drug-likeness (QED) is 0.896. The van der Waals surface area contributed by atoms with E-state index in [1.165, 1.54) is 0 Å². The molecule has 2 rings (SSSR count). The fourth-order valence-corrected chi connectivity index (χ4v) is 4.16. The molecule has 0 atom stereocenters. The van der Waals surface area contributed by atoms with E-state index in [1.54, 1.807) is 25.1 Å². The van der Waals surface area contributed by atoms with Crippen LogP contribution >= 0.6 is 11.6 Å². The molecule has 6 heteroatoms. The molecule has 0 aromatic heterocycles. The zero-order chi connectivity index (χ0) is 14.8. The van der Waals surface area contributed by atoms with Gasteiger partial charge in [0, 0.05) is 6.54 Å². The molecule has 0 amide bonds. The maximum atomic E-state index is 12.4. The zero-order valence-corrected chi connectivity index (χ0v) is 13.4. The first-order valence-corrected chi connectivity index (χ1v) is 8.66. The van der Waals surface area contributed by atoms with Gasteiger partial charge in [0.2, 0.25) is 10.0 Å². The molecule has 1 aliphatic rings. The number of benzene rings is 1. The lowest BCUT2D eigenvalue weighted by Crippen LogP contribution is -2.42. The van der Waals surface area contributed by atoms with Gasteiger partial charge in [-0.2, -0.15) is 0 Å². The van der Waals surface area contributed by atoms with Gasteiger partial charge in [0.15, 0.2) is 0 Å². The maximum Gasteiger partial charge on any atom is 0.242 e. The Kier molecular flexibility index (Phi) is 4.74. The predicted octanol–water partition coefficient (Wildman–Crippen LogP) is 2.32. The van der Waals surface area contributed by atoms with Crippen LogP contribution in [-0.2, 0) is 10.0 Å². The molecule has 1 fully saturated rings. The van der Waals surface area contributed by atoms with Gasteiger partial charge in [0.1, 0.15) is 4.90 Å². The Labute approximate surface area is 126 Å². The molecule has 0 radical (unpaired) electrons. The Balaban J connectivity index is 2.13. The van der Waals surface area contributed by atoms with Gasteiger partial charge in [0.25, 0.3) is 0 Å². The van der Waals surface area contributed by atoms with Crippen LogP contribution in [0.25, 0.3) is 0 Å². The molecule has 0 saturated carbocycles. The Hall–Kier alpha value is -0.620. The molecular formula is C14H21ClN2O2S. The monoisotopic (exact) mass is 316 g/mol. The molecule has 20 heavy (non-hydrogen) atoms. The largest absolute Gasteiger partial charge is 0.317 e. The van der Waals surface area contributed by atoms with E-state index in [-0.39, 0.29) is 10.3 Å². The number of hydrogen-bond acceptors (Lipinski definition) is 3. The van der Waals surface area contributed by atoms with Crippen LogP contribution < -0.4 is 10.0 Å². The molecule has 4 nitrogen and oxygen atoms in total. The fraction of sp³-hybridized carbons (Fsp3) is 0.571. The standard InChI is InChI=1S/C14H21ClN2O2S/c1-11-4-3-5-12(13(11)15)20(18,19)17-10-14(2)6-8-16-9-7-14/h3-5,16-17H,6-10H2,1-2H3. The first-order chi connectivity index (χ1) is 9.34. The van der Waals surface area contributed by atoms with Gasteiger partial charge in [-0.15, -0.1) is 0 Å². The zero-order valence-electron chi connectivity index (χ0n) is 11.9. The number of piperidine rings is 1. The third-order valence-electron chi connectivity index (χ3n) is 3.95. The summed E-state index contributed by atoms with van der Waals surface area (Å²) in [5.41, 5.74) is 0.775. The van der Waals surface area contributed by atoms with E-state index in [9.17, 15) is 8.42 Å². The van der Waals surface area contributed by atoms with Gasteiger partial charge in [-0.05, 0) is 49.9 Å². The smallest absolute Gasteiger partial charge is 0.242 e. The summed E-state index contributed by atoms with van der Waals surface area (Å²) in [4.78, 5) is 0.164. The highest BCUT2D eigenvalue weighted by molar-refractivity contribution is 7.89. The van der Waals surface area contributed by atoms with Crippen LogP contribution in [0.1, 0.15) is 25.3 Å². The SMILES string of the molecule is Cc1cccc(S(=O)(=O)NCC2(C)CCNCC2)c1Cl. The van der Waals surface area contributed by atoms with Gasteiger partial charge in [-0.25, -0.2) is 13.1 Å². The van der Waals surface area contributed by atoms with Crippen molar-refractivity contribution in [3.8, 4) is 0 Å². The van der Waals surface area contributed by atoms with E-state index >= 15 is 0 Å². The van der Waals surface area contributed by atoms with E-state index in [0.29, 0.717) is 11.6 Å². The van der Waals surface area contributed by atoms with Crippen molar-refractivity contribution in [1.29, 1.82) is 0 Å². The molecule has 1 aliphatic heterocycles. The normalized spacial score (nSPS) is 18.9. The third kappa shape index (κ3) is 3.52. The van der Waals surface area contributed by atoms with Gasteiger partial charge in [0.05, 0.1) is 5.02 Å². The van der Waals surface area contributed by atoms with Crippen LogP contribution in [0.4, 0.5) is 0 Å². The van der Waals surface area contributed by atoms with E-state index in [1.807, 2.05) is 0 Å². The summed E-state index contributed by atoms with van der Waals surface area (Å²) in [5.74, 6) is 0. The molecule has 1 aromatic carbocycles. The summed E-state index contributed by atoms with van der Waals surface area (Å²) in [6.45, 7) is 6.23. The molecule has 112 valence electrons. The van der Waals surface area contributed by atoms with Crippen LogP contribution in [0, 0.1) is 12.3 Å². The second-order valence-corrected chi connectivity index (χ2v) is 7.89. The van der Waals surface area contributed by atoms with Crippen LogP contribution in [0.15, 0.2) is 23.1 Å². The molecule has 1 heterocycles. The van der Waals surface area contributed by atoms with Gasteiger partial charge in [-0.3, -0.25) is 0 Å². The fourth-order valence-electron chi connectivity index (χ4n) is 2.38. The summed E-state index contributed by atoms with van der Waals surface area (Å²) >= 11 is 6.10. The van der Waals surface area contributed by atoms with Crippen LogP contribution in [0.2, 0.25) is 5.02 Å². The average Bonchev–Trinajstić information content (AvgIpc) is 2.41. The van der Waals surface area contributed by atoms with Crippen molar-refractivity contribution < 1.29 is 8.42 Å². The highest BCUT2D eigenvalue weighted by atomic mass is 35.5. The molecule has 0 bridgehead atoms. The average molecular weight is 317 g/mol. The molecule has 1 aromatic rings. The van der Waals surface area contributed by atoms with Crippen molar-refractivity contribution in [2.24, 2.45) is 5.41 Å². The molecule has 2 N–H and O–H groups in total. The minimum Gasteiger partial charge on any atom is -0.317 e. The van der Waals surface area contributed by atoms with Gasteiger partial charge >= 0.3 is 0 Å². The van der Waals surface area contributed by atoms with Gasteiger partial charge in [-0.1, -0.05) is 30.7 Å². The molecular weight excluding hydrogens is 296 g/mol. The van der Waals surface area contributed by atoms with Crippen molar-refractivity contribution in [2.75, 3.05) is 19.6 Å². The van der Waals surface area contributed by atoms with Crippen molar-refractivity contribution >= 4 is 21.6 Å². The predicted molar refractivity (Wildman–Crippen MR) is 81.6 cm³/mol. The van der Waals surface area contributed by atoms with Crippen LogP contribution in [-0.4, -0.2) is 28.1 Å². The van der Waals surface area contributed by atoms with E-state index < -0.39 is 10.0 Å². The minimum absolute atomic E-state index is 0.00855. The van der Waals surface area contributed by atoms with Crippen molar-refractivity contribution in [2.45, 2.75) is 31.6 Å². The first kappa shape index (κ1) is 15.8. The number of nitrogens with one attached hydrogen (secondary N) is 2. The lowest BCUT2D eigenvalue weighted by molar-refractivity contribution is 0.232. The summed E-state index contributed by atoms with van der Waals surface area (Å²) in [7, 11) is -3.55. The molecule has 0 aliphatic carbocycles. The van der Waals surface area contributed by atoms with E-state index in [0.717, 1.165) is 31.5 Å². The van der Waals surface area contributed by atoms with Crippen molar-refractivity contribution in [3.63, 3.8) is 0 Å². The number of halogens is 1. The second-order valence-electron chi connectivity index (χ2n) is 5.77. The Morgan fingerprint density at radius 2 is 2.00 bits per heavy atom. The Morgan fingerprint density at radius 3 is 2.65 bits per heavy atom. The van der Waals surface area contributed by atoms with Crippen molar-refractivity contribution in [1.82, 2.24) is 10.0 Å². The Morgan fingerprint density at radius 1 is 1.35 bits per heavy atom. The van der Waals surface area contributed by atoms with Gasteiger partial charge < -0.3 is 5.32 Å². The lowest BCUT2D eigenvalue weighted by atomic mass is 9.81. The molecule has 1 saturated heterocycles. The summed E-state index contributed by atoms with van der Waals surface area (Å²) in [6.07, 6.45) is 1.94. The van der Waals surface area contributed by atoms with Crippen LogP contribution in [0.3, 0.4) is 0 Å². The molecule has 0 unspecified atom stereocenters. The highest BCUT2D eigenvalue weighted by Gasteiger charge is 2.29. The van der Waals surface area contributed by atoms with E-state index in [2.05, 4.69) is 17.0 Å². The van der Waals surface area contributed by atoms with Crippen molar-refractivity contribution in [3.05, 3.63) is 28.8 Å². The first-order valence-electron chi connectivity index (χ1n) is 6.80. The minimum atomic E-state index is -3.55. The number of aryl methyl sites for hydroxylation is 1. The lowest BCUT2D eigenvalue weighted by Gasteiger charge is -2.34. The number of rotatable bonds is 4. The van der Waals surface area contributed by atoms with Crippen LogP contribution in [0.5, 0.6) is 0 Å². The van der Waals surface area contributed by atoms with E-state index in [4.69, 9.17) is 11.6 Å². The highest BCUT2D eigenvalue weighted by Crippen LogP contribution is 2.29.